The summed E-state index contributed by atoms with van der Waals surface area (Å²) in [4.78, 5) is 2.70. The van der Waals surface area contributed by atoms with Crippen LogP contribution in [0.15, 0.2) is 35.4 Å². The highest BCUT2D eigenvalue weighted by Gasteiger charge is 1.96. The average Bonchev–Trinajstić information content (AvgIpc) is 2.15. The molecular formula is C7H5N3OS. The van der Waals surface area contributed by atoms with E-state index in [0.717, 1.165) is 0 Å². The first kappa shape index (κ1) is 8.52. The van der Waals surface area contributed by atoms with Crippen molar-refractivity contribution in [2.45, 2.75) is 0 Å². The fraction of sp³-hybridized carbons (Fsp3) is 0. The minimum absolute atomic E-state index is 0.151. The van der Waals surface area contributed by atoms with E-state index in [9.17, 15) is 4.21 Å². The zero-order valence-corrected chi connectivity index (χ0v) is 6.86. The first-order valence-electron chi connectivity index (χ1n) is 3.16. The van der Waals surface area contributed by atoms with Crippen LogP contribution in [-0.4, -0.2) is 9.20 Å². The summed E-state index contributed by atoms with van der Waals surface area (Å²) in [5.74, 6) is 0. The predicted molar refractivity (Wildman–Crippen MR) is 47.8 cm³/mol. The smallest absolute Gasteiger partial charge is 0.138 e. The Bertz CT molecular complexity index is 363. The quantitative estimate of drug-likeness (QED) is 0.280. The Balaban J connectivity index is 3.13. The molecular weight excluding hydrogens is 174 g/mol. The van der Waals surface area contributed by atoms with Gasteiger partial charge >= 0.3 is 0 Å². The van der Waals surface area contributed by atoms with E-state index in [1.165, 1.54) is 0 Å². The summed E-state index contributed by atoms with van der Waals surface area (Å²) in [5.41, 5.74) is 8.76. The second kappa shape index (κ2) is 4.33. The molecule has 1 aromatic carbocycles. The van der Waals surface area contributed by atoms with Gasteiger partial charge in [0.1, 0.15) is 4.99 Å². The van der Waals surface area contributed by atoms with Crippen LogP contribution in [0, 0.1) is 0 Å². The molecule has 1 aromatic rings. The van der Waals surface area contributed by atoms with Crippen molar-refractivity contribution >= 4 is 16.2 Å². The second-order valence-electron chi connectivity index (χ2n) is 1.94. The first-order valence-corrected chi connectivity index (χ1v) is 3.90. The zero-order valence-electron chi connectivity index (χ0n) is 6.04. The Morgan fingerprint density at radius 2 is 2.08 bits per heavy atom. The van der Waals surface area contributed by atoms with Gasteiger partial charge in [-0.3, -0.25) is 0 Å². The lowest BCUT2D eigenvalue weighted by Crippen LogP contribution is -1.93. The van der Waals surface area contributed by atoms with Gasteiger partial charge in [0.05, 0.1) is 11.3 Å². The maximum atomic E-state index is 10.4. The Hall–Kier alpha value is -1.58. The van der Waals surface area contributed by atoms with Crippen molar-refractivity contribution in [3.8, 4) is 0 Å². The van der Waals surface area contributed by atoms with Gasteiger partial charge in [-0.25, -0.2) is 4.21 Å². The van der Waals surface area contributed by atoms with Crippen LogP contribution in [0.5, 0.6) is 0 Å². The van der Waals surface area contributed by atoms with Crippen molar-refractivity contribution in [1.82, 2.24) is 0 Å². The molecule has 0 unspecified atom stereocenters. The molecule has 0 radical (unpaired) electrons. The van der Waals surface area contributed by atoms with Crippen LogP contribution in [0.1, 0.15) is 5.56 Å². The third-order valence-electron chi connectivity index (χ3n) is 1.24. The molecule has 0 aliphatic heterocycles. The molecule has 0 atom stereocenters. The largest absolute Gasteiger partial charge is 0.212 e. The minimum atomic E-state index is 0.151. The normalized spacial score (nSPS) is 8.33. The lowest BCUT2D eigenvalue weighted by atomic mass is 10.2. The van der Waals surface area contributed by atoms with E-state index in [0.29, 0.717) is 5.56 Å². The summed E-state index contributed by atoms with van der Waals surface area (Å²) in [5, 5.41) is 3.26. The van der Waals surface area contributed by atoms with Gasteiger partial charge in [-0.1, -0.05) is 30.3 Å². The van der Waals surface area contributed by atoms with Crippen molar-refractivity contribution in [1.29, 1.82) is 0 Å². The van der Waals surface area contributed by atoms with Crippen LogP contribution in [0.4, 0.5) is 0 Å². The summed E-state index contributed by atoms with van der Waals surface area (Å²) < 4.78 is 10.4. The van der Waals surface area contributed by atoms with Crippen molar-refractivity contribution < 1.29 is 4.21 Å². The lowest BCUT2D eigenvalue weighted by Gasteiger charge is -1.92. The maximum absolute atomic E-state index is 10.4. The second-order valence-corrected chi connectivity index (χ2v) is 2.50. The molecule has 0 aromatic heterocycles. The van der Waals surface area contributed by atoms with Crippen LogP contribution in [0.2, 0.25) is 0 Å². The van der Waals surface area contributed by atoms with E-state index in [2.05, 4.69) is 10.0 Å². The van der Waals surface area contributed by atoms with Gasteiger partial charge in [0.25, 0.3) is 0 Å². The predicted octanol–water partition coefficient (Wildman–Crippen LogP) is 1.69. The highest BCUT2D eigenvalue weighted by Crippen LogP contribution is 2.00. The van der Waals surface area contributed by atoms with Crippen molar-refractivity contribution in [3.05, 3.63) is 46.3 Å². The molecule has 0 heterocycles. The topological polar surface area (TPSA) is 65.8 Å². The molecule has 60 valence electrons. The highest BCUT2D eigenvalue weighted by atomic mass is 32.1. The van der Waals surface area contributed by atoms with Crippen LogP contribution in [-0.2, 0) is 11.3 Å². The summed E-state index contributed by atoms with van der Waals surface area (Å²) >= 11 is 0.194. The number of benzene rings is 1. The Morgan fingerprint density at radius 1 is 1.42 bits per heavy atom. The van der Waals surface area contributed by atoms with E-state index in [1.807, 2.05) is 6.07 Å². The summed E-state index contributed by atoms with van der Waals surface area (Å²) in [7, 11) is 0. The molecule has 0 amide bonds. The molecule has 12 heavy (non-hydrogen) atoms. The zero-order chi connectivity index (χ0) is 8.81. The molecule has 0 spiro atoms. The molecule has 0 saturated carbocycles. The summed E-state index contributed by atoms with van der Waals surface area (Å²) in [6, 6.07) is 8.81. The van der Waals surface area contributed by atoms with Crippen LogP contribution in [0.3, 0.4) is 0 Å². The average molecular weight is 179 g/mol. The van der Waals surface area contributed by atoms with Crippen molar-refractivity contribution in [3.63, 3.8) is 0 Å². The number of azide groups is 1. The Morgan fingerprint density at radius 3 is 2.58 bits per heavy atom. The summed E-state index contributed by atoms with van der Waals surface area (Å²) in [6.07, 6.45) is 0. The van der Waals surface area contributed by atoms with Gasteiger partial charge in [-0.05, 0) is 16.2 Å². The molecule has 0 fully saturated rings. The Kier molecular flexibility index (Phi) is 3.07. The molecule has 5 heteroatoms. The standard InChI is InChI=1S/C7H5N3OS/c8-10-9-7(12-11)6-4-2-1-3-5-6/h1-5H. The van der Waals surface area contributed by atoms with Gasteiger partial charge in [0, 0.05) is 4.91 Å². The van der Waals surface area contributed by atoms with E-state index in [-0.39, 0.29) is 16.2 Å². The van der Waals surface area contributed by atoms with E-state index < -0.39 is 0 Å². The van der Waals surface area contributed by atoms with Crippen molar-refractivity contribution in [2.24, 2.45) is 5.11 Å². The fourth-order valence-corrected chi connectivity index (χ4v) is 1.05. The number of rotatable bonds is 1. The Labute approximate surface area is 72.5 Å². The van der Waals surface area contributed by atoms with E-state index >= 15 is 0 Å². The van der Waals surface area contributed by atoms with Crippen LogP contribution < -0.4 is 0 Å². The fourth-order valence-electron chi connectivity index (χ4n) is 0.744. The van der Waals surface area contributed by atoms with Crippen LogP contribution in [0.25, 0.3) is 10.4 Å². The van der Waals surface area contributed by atoms with E-state index in [1.54, 1.807) is 24.3 Å². The lowest BCUT2D eigenvalue weighted by molar-refractivity contribution is 0.701. The molecule has 0 N–H and O–H groups in total. The van der Waals surface area contributed by atoms with Gasteiger partial charge in [-0.2, -0.15) is 0 Å². The number of hydrogen-bond acceptors (Lipinski definition) is 1. The summed E-state index contributed by atoms with van der Waals surface area (Å²) in [6.45, 7) is 0. The number of hydrogen-bond donors (Lipinski definition) is 0. The maximum Gasteiger partial charge on any atom is 0.138 e. The van der Waals surface area contributed by atoms with E-state index in [4.69, 9.17) is 5.53 Å². The third kappa shape index (κ3) is 1.95. The molecule has 0 aliphatic carbocycles. The molecule has 0 saturated heterocycles. The SMILES string of the molecule is [N-]=[N+]=NC(=S=O)c1ccccc1. The third-order valence-corrected chi connectivity index (χ3v) is 1.71. The molecule has 4 nitrogen and oxygen atoms in total. The molecule has 1 rings (SSSR count). The monoisotopic (exact) mass is 179 g/mol. The van der Waals surface area contributed by atoms with Gasteiger partial charge < -0.3 is 0 Å². The first-order chi connectivity index (χ1) is 5.88. The molecule has 0 bridgehead atoms. The van der Waals surface area contributed by atoms with Gasteiger partial charge in [0.2, 0.25) is 0 Å². The minimum Gasteiger partial charge on any atom is -0.212 e. The molecule has 0 aliphatic rings. The van der Waals surface area contributed by atoms with Gasteiger partial charge in [-0.15, -0.1) is 0 Å². The van der Waals surface area contributed by atoms with Crippen LogP contribution >= 0.6 is 0 Å². The van der Waals surface area contributed by atoms with Crippen molar-refractivity contribution in [2.75, 3.05) is 0 Å². The number of nitrogens with zero attached hydrogens (tertiary/aromatic N) is 3. The highest BCUT2D eigenvalue weighted by molar-refractivity contribution is 7.67. The van der Waals surface area contributed by atoms with Gasteiger partial charge in [0.15, 0.2) is 0 Å².